The first-order valence-corrected chi connectivity index (χ1v) is 8.04. The van der Waals surface area contributed by atoms with Gasteiger partial charge in [0.2, 0.25) is 0 Å². The van der Waals surface area contributed by atoms with Crippen LogP contribution in [0.5, 0.6) is 0 Å². The lowest BCUT2D eigenvalue weighted by Gasteiger charge is -2.32. The Morgan fingerprint density at radius 1 is 1.06 bits per heavy atom. The molecule has 0 unspecified atom stereocenters. The van der Waals surface area contributed by atoms with Crippen LogP contribution >= 0.6 is 0 Å². The molecule has 104 valence electrons. The monoisotopic (exact) mass is 251 g/mol. The summed E-state index contributed by atoms with van der Waals surface area (Å²) in [6.07, 6.45) is 11.5. The molecule has 18 heavy (non-hydrogen) atoms. The standard InChI is InChI=1S/C16H29NO/c1-2-6-14-9-11-17(12-10-14)13-16(18)15-7-4-3-5-8-15/h14-15H,2-13H2,1H3. The number of Topliss-reactive ketones (excluding diaryl/α,β-unsaturated/α-hetero) is 1. The van der Waals surface area contributed by atoms with Crippen LogP contribution in [0, 0.1) is 11.8 Å². The number of piperidine rings is 1. The second-order valence-corrected chi connectivity index (χ2v) is 6.31. The molecule has 0 aromatic carbocycles. The fourth-order valence-electron chi connectivity index (χ4n) is 3.62. The zero-order valence-corrected chi connectivity index (χ0v) is 12.0. The Bertz CT molecular complexity index is 250. The van der Waals surface area contributed by atoms with Crippen molar-refractivity contribution < 1.29 is 4.79 Å². The molecule has 0 aromatic rings. The Morgan fingerprint density at radius 2 is 1.72 bits per heavy atom. The summed E-state index contributed by atoms with van der Waals surface area (Å²) in [6, 6.07) is 0. The minimum absolute atomic E-state index is 0.395. The quantitative estimate of drug-likeness (QED) is 0.743. The van der Waals surface area contributed by atoms with Gasteiger partial charge >= 0.3 is 0 Å². The van der Waals surface area contributed by atoms with Gasteiger partial charge in [-0.1, -0.05) is 39.0 Å². The summed E-state index contributed by atoms with van der Waals surface area (Å²) in [5, 5.41) is 0. The van der Waals surface area contributed by atoms with Gasteiger partial charge in [-0.25, -0.2) is 0 Å². The highest BCUT2D eigenvalue weighted by Gasteiger charge is 2.25. The molecule has 1 aliphatic heterocycles. The van der Waals surface area contributed by atoms with E-state index in [4.69, 9.17) is 0 Å². The Hall–Kier alpha value is -0.370. The number of ketones is 1. The van der Waals surface area contributed by atoms with Gasteiger partial charge in [-0.15, -0.1) is 0 Å². The molecule has 2 nitrogen and oxygen atoms in total. The van der Waals surface area contributed by atoms with E-state index in [1.807, 2.05) is 0 Å². The molecular formula is C16H29NO. The Kier molecular flexibility index (Phi) is 5.68. The molecule has 0 atom stereocenters. The summed E-state index contributed by atoms with van der Waals surface area (Å²) in [7, 11) is 0. The van der Waals surface area contributed by atoms with E-state index in [2.05, 4.69) is 11.8 Å². The maximum absolute atomic E-state index is 12.2. The van der Waals surface area contributed by atoms with Crippen molar-refractivity contribution in [2.45, 2.75) is 64.7 Å². The molecule has 0 radical (unpaired) electrons. The maximum Gasteiger partial charge on any atom is 0.149 e. The van der Waals surface area contributed by atoms with Crippen molar-refractivity contribution >= 4 is 5.78 Å². The normalized spacial score (nSPS) is 24.3. The SMILES string of the molecule is CCCC1CCN(CC(=O)C2CCCCC2)CC1. The molecule has 1 heterocycles. The highest BCUT2D eigenvalue weighted by atomic mass is 16.1. The average Bonchev–Trinajstić information content (AvgIpc) is 2.42. The van der Waals surface area contributed by atoms with Gasteiger partial charge in [0.1, 0.15) is 5.78 Å². The lowest BCUT2D eigenvalue weighted by molar-refractivity contribution is -0.125. The van der Waals surface area contributed by atoms with E-state index in [-0.39, 0.29) is 0 Å². The fraction of sp³-hybridized carbons (Fsp3) is 0.938. The van der Waals surface area contributed by atoms with Gasteiger partial charge in [-0.2, -0.15) is 0 Å². The number of carbonyl (C=O) groups is 1. The predicted octanol–water partition coefficient (Wildman–Crippen LogP) is 3.65. The second-order valence-electron chi connectivity index (χ2n) is 6.31. The highest BCUT2D eigenvalue weighted by molar-refractivity contribution is 5.83. The smallest absolute Gasteiger partial charge is 0.149 e. The summed E-state index contributed by atoms with van der Waals surface area (Å²) >= 11 is 0. The average molecular weight is 251 g/mol. The van der Waals surface area contributed by atoms with Crippen LogP contribution in [0.25, 0.3) is 0 Å². The minimum Gasteiger partial charge on any atom is -0.298 e. The fourth-order valence-corrected chi connectivity index (χ4v) is 3.62. The van der Waals surface area contributed by atoms with Gasteiger partial charge in [0.25, 0.3) is 0 Å². The topological polar surface area (TPSA) is 20.3 Å². The van der Waals surface area contributed by atoms with Crippen molar-refractivity contribution in [1.29, 1.82) is 0 Å². The third-order valence-electron chi connectivity index (χ3n) is 4.84. The van der Waals surface area contributed by atoms with Gasteiger partial charge in [0.05, 0.1) is 6.54 Å². The first-order chi connectivity index (χ1) is 8.79. The molecule has 2 aliphatic rings. The van der Waals surface area contributed by atoms with E-state index < -0.39 is 0 Å². The van der Waals surface area contributed by atoms with Crippen molar-refractivity contribution in [2.75, 3.05) is 19.6 Å². The number of hydrogen-bond donors (Lipinski definition) is 0. The van der Waals surface area contributed by atoms with Gasteiger partial charge in [-0.3, -0.25) is 9.69 Å². The molecule has 2 rings (SSSR count). The number of likely N-dealkylation sites (tertiary alicyclic amines) is 1. The number of hydrogen-bond acceptors (Lipinski definition) is 2. The van der Waals surface area contributed by atoms with E-state index >= 15 is 0 Å². The van der Waals surface area contributed by atoms with Crippen molar-refractivity contribution in [3.8, 4) is 0 Å². The highest BCUT2D eigenvalue weighted by Crippen LogP contribution is 2.26. The van der Waals surface area contributed by atoms with Crippen LogP contribution in [-0.4, -0.2) is 30.3 Å². The van der Waals surface area contributed by atoms with E-state index in [0.29, 0.717) is 11.7 Å². The van der Waals surface area contributed by atoms with Crippen molar-refractivity contribution in [3.05, 3.63) is 0 Å². The van der Waals surface area contributed by atoms with Gasteiger partial charge in [-0.05, 0) is 44.7 Å². The first kappa shape index (κ1) is 14.0. The van der Waals surface area contributed by atoms with E-state index in [1.165, 1.54) is 44.9 Å². The van der Waals surface area contributed by atoms with Crippen LogP contribution < -0.4 is 0 Å². The molecule has 1 aliphatic carbocycles. The second kappa shape index (κ2) is 7.28. The molecule has 2 heteroatoms. The Balaban J connectivity index is 1.68. The maximum atomic E-state index is 12.2. The molecule has 0 bridgehead atoms. The predicted molar refractivity (Wildman–Crippen MR) is 75.7 cm³/mol. The zero-order chi connectivity index (χ0) is 12.8. The Labute approximate surface area is 112 Å². The summed E-state index contributed by atoms with van der Waals surface area (Å²) < 4.78 is 0. The van der Waals surface area contributed by atoms with Crippen LogP contribution in [0.3, 0.4) is 0 Å². The zero-order valence-electron chi connectivity index (χ0n) is 12.0. The largest absolute Gasteiger partial charge is 0.298 e. The van der Waals surface area contributed by atoms with Crippen molar-refractivity contribution in [2.24, 2.45) is 11.8 Å². The van der Waals surface area contributed by atoms with E-state index in [1.54, 1.807) is 0 Å². The summed E-state index contributed by atoms with van der Waals surface area (Å²) in [4.78, 5) is 14.6. The number of rotatable bonds is 5. The van der Waals surface area contributed by atoms with Gasteiger partial charge in [0.15, 0.2) is 0 Å². The van der Waals surface area contributed by atoms with Crippen molar-refractivity contribution in [1.82, 2.24) is 4.90 Å². The van der Waals surface area contributed by atoms with Crippen molar-refractivity contribution in [3.63, 3.8) is 0 Å². The van der Waals surface area contributed by atoms with Crippen LogP contribution in [0.2, 0.25) is 0 Å². The first-order valence-electron chi connectivity index (χ1n) is 8.04. The lowest BCUT2D eigenvalue weighted by atomic mass is 9.85. The molecular weight excluding hydrogens is 222 g/mol. The Morgan fingerprint density at radius 3 is 2.33 bits per heavy atom. The summed E-state index contributed by atoms with van der Waals surface area (Å²) in [5.74, 6) is 1.85. The van der Waals surface area contributed by atoms with Crippen LogP contribution in [0.1, 0.15) is 64.7 Å². The van der Waals surface area contributed by atoms with Crippen LogP contribution in [0.4, 0.5) is 0 Å². The molecule has 0 spiro atoms. The van der Waals surface area contributed by atoms with Gasteiger partial charge < -0.3 is 0 Å². The lowest BCUT2D eigenvalue weighted by Crippen LogP contribution is -2.39. The van der Waals surface area contributed by atoms with Crippen LogP contribution in [-0.2, 0) is 4.79 Å². The molecule has 0 aromatic heterocycles. The minimum atomic E-state index is 0.395. The van der Waals surface area contributed by atoms with E-state index in [9.17, 15) is 4.79 Å². The molecule has 1 saturated carbocycles. The molecule has 0 N–H and O–H groups in total. The van der Waals surface area contributed by atoms with E-state index in [0.717, 1.165) is 38.4 Å². The summed E-state index contributed by atoms with van der Waals surface area (Å²) in [5.41, 5.74) is 0. The number of carbonyl (C=O) groups excluding carboxylic acids is 1. The molecule has 2 fully saturated rings. The summed E-state index contributed by atoms with van der Waals surface area (Å²) in [6.45, 7) is 5.33. The third-order valence-corrected chi connectivity index (χ3v) is 4.84. The van der Waals surface area contributed by atoms with Gasteiger partial charge in [0, 0.05) is 5.92 Å². The third kappa shape index (κ3) is 4.08. The van der Waals surface area contributed by atoms with Crippen LogP contribution in [0.15, 0.2) is 0 Å². The molecule has 1 saturated heterocycles. The number of nitrogens with zero attached hydrogens (tertiary/aromatic N) is 1. The molecule has 0 amide bonds.